The third kappa shape index (κ3) is 2.77. The predicted octanol–water partition coefficient (Wildman–Crippen LogP) is 2.87. The molecule has 0 amide bonds. The Kier molecular flexibility index (Phi) is 3.71. The van der Waals surface area contributed by atoms with Crippen LogP contribution in [0.15, 0.2) is 36.8 Å². The van der Waals surface area contributed by atoms with Crippen molar-refractivity contribution in [3.63, 3.8) is 0 Å². The molecule has 8 heteroatoms. The molecule has 1 aliphatic carbocycles. The zero-order valence-electron chi connectivity index (χ0n) is 14.6. The van der Waals surface area contributed by atoms with E-state index >= 15 is 0 Å². The van der Waals surface area contributed by atoms with Gasteiger partial charge >= 0.3 is 0 Å². The van der Waals surface area contributed by atoms with Crippen LogP contribution < -0.4 is 5.32 Å². The van der Waals surface area contributed by atoms with Crippen LogP contribution in [0.3, 0.4) is 0 Å². The normalized spacial score (nSPS) is 19.5. The van der Waals surface area contributed by atoms with E-state index in [0.717, 1.165) is 54.3 Å². The van der Waals surface area contributed by atoms with Crippen LogP contribution in [0.25, 0.3) is 16.8 Å². The molecule has 0 spiro atoms. The number of rotatable bonds is 4. The molecular formula is C19H18N8. The quantitative estimate of drug-likeness (QED) is 0.581. The molecule has 4 aromatic rings. The molecule has 27 heavy (non-hydrogen) atoms. The van der Waals surface area contributed by atoms with Gasteiger partial charge in [0.2, 0.25) is 0 Å². The maximum atomic E-state index is 9.00. The second-order valence-corrected chi connectivity index (χ2v) is 7.02. The van der Waals surface area contributed by atoms with Gasteiger partial charge in [0.25, 0.3) is 0 Å². The van der Waals surface area contributed by atoms with Gasteiger partial charge in [0.15, 0.2) is 11.3 Å². The Bertz CT molecular complexity index is 1150. The first-order chi connectivity index (χ1) is 13.3. The van der Waals surface area contributed by atoms with Crippen LogP contribution in [0.1, 0.15) is 36.6 Å². The van der Waals surface area contributed by atoms with Crippen molar-refractivity contribution in [3.8, 4) is 6.07 Å². The van der Waals surface area contributed by atoms with Crippen molar-refractivity contribution >= 4 is 22.6 Å². The van der Waals surface area contributed by atoms with Crippen LogP contribution in [0.2, 0.25) is 0 Å². The van der Waals surface area contributed by atoms with E-state index in [9.17, 15) is 0 Å². The number of H-pyrrole nitrogens is 1. The molecule has 2 atom stereocenters. The third-order valence-electron chi connectivity index (χ3n) is 5.33. The largest absolute Gasteiger partial charge is 0.370 e. The van der Waals surface area contributed by atoms with Gasteiger partial charge < -0.3 is 10.3 Å². The number of hydrogen-bond acceptors (Lipinski definition) is 6. The van der Waals surface area contributed by atoms with Gasteiger partial charge in [0.05, 0.1) is 23.3 Å². The van der Waals surface area contributed by atoms with E-state index in [1.165, 1.54) is 0 Å². The van der Waals surface area contributed by atoms with Gasteiger partial charge in [-0.2, -0.15) is 5.26 Å². The summed E-state index contributed by atoms with van der Waals surface area (Å²) in [7, 11) is 0. The number of nitrogens with one attached hydrogen (secondary N) is 2. The molecule has 0 unspecified atom stereocenters. The Morgan fingerprint density at radius 1 is 1.26 bits per heavy atom. The van der Waals surface area contributed by atoms with Crippen molar-refractivity contribution in [1.82, 2.24) is 29.5 Å². The smallest absolute Gasteiger partial charge is 0.179 e. The number of anilines is 1. The Labute approximate surface area is 155 Å². The predicted molar refractivity (Wildman–Crippen MR) is 100 cm³/mol. The highest BCUT2D eigenvalue weighted by Crippen LogP contribution is 2.38. The Morgan fingerprint density at radius 2 is 2.22 bits per heavy atom. The average Bonchev–Trinajstić information content (AvgIpc) is 3.43. The molecule has 4 heterocycles. The van der Waals surface area contributed by atoms with Gasteiger partial charge in [-0.05, 0) is 43.4 Å². The van der Waals surface area contributed by atoms with E-state index < -0.39 is 0 Å². The minimum absolute atomic E-state index is 0.380. The lowest BCUT2D eigenvalue weighted by Crippen LogP contribution is -2.13. The molecular weight excluding hydrogens is 340 g/mol. The fourth-order valence-electron chi connectivity index (χ4n) is 4.00. The summed E-state index contributed by atoms with van der Waals surface area (Å²) in [5.41, 5.74) is 3.28. The molecule has 1 saturated carbocycles. The van der Waals surface area contributed by atoms with Crippen LogP contribution in [0, 0.1) is 17.2 Å². The number of aromatic nitrogens is 6. The second-order valence-electron chi connectivity index (χ2n) is 7.02. The molecule has 0 saturated heterocycles. The Hall–Kier alpha value is -3.47. The van der Waals surface area contributed by atoms with Crippen LogP contribution in [0.4, 0.5) is 5.82 Å². The second kappa shape index (κ2) is 6.36. The van der Waals surface area contributed by atoms with Crippen LogP contribution in [-0.4, -0.2) is 36.1 Å². The van der Waals surface area contributed by atoms with Gasteiger partial charge in [0.1, 0.15) is 11.6 Å². The van der Waals surface area contributed by atoms with Gasteiger partial charge in [-0.25, -0.2) is 9.97 Å². The van der Waals surface area contributed by atoms with E-state index in [1.807, 2.05) is 12.3 Å². The summed E-state index contributed by atoms with van der Waals surface area (Å²) in [6.45, 7) is 0.843. The number of hydrogen-bond donors (Lipinski definition) is 2. The van der Waals surface area contributed by atoms with Crippen molar-refractivity contribution < 1.29 is 0 Å². The Morgan fingerprint density at radius 3 is 3.15 bits per heavy atom. The highest BCUT2D eigenvalue weighted by Gasteiger charge is 2.29. The lowest BCUT2D eigenvalue weighted by molar-refractivity contribution is 0.558. The van der Waals surface area contributed by atoms with Crippen LogP contribution >= 0.6 is 0 Å². The summed E-state index contributed by atoms with van der Waals surface area (Å²) >= 11 is 0. The number of nitrogens with zero attached hydrogens (tertiary/aromatic N) is 6. The van der Waals surface area contributed by atoms with Crippen molar-refractivity contribution in [2.75, 3.05) is 11.9 Å². The monoisotopic (exact) mass is 358 g/mol. The zero-order chi connectivity index (χ0) is 18.2. The third-order valence-corrected chi connectivity index (χ3v) is 5.33. The van der Waals surface area contributed by atoms with Crippen LogP contribution in [-0.2, 0) is 0 Å². The van der Waals surface area contributed by atoms with E-state index in [0.29, 0.717) is 17.4 Å². The summed E-state index contributed by atoms with van der Waals surface area (Å²) in [5, 5.41) is 21.2. The number of nitriles is 1. The maximum Gasteiger partial charge on any atom is 0.179 e. The standard InChI is InChI=1S/C19H18N8/c20-9-12-3-5-21-16(8-12)23-10-13-1-2-14(7-13)19-26-25-17-11-24-18-15(27(17)19)4-6-22-18/h3-6,8,11,13-14,22H,1-2,7,10H2,(H,21,23)/t13-,14+/m0/s1. The number of fused-ring (bicyclic) bond motifs is 3. The van der Waals surface area contributed by atoms with E-state index in [1.54, 1.807) is 24.5 Å². The average molecular weight is 358 g/mol. The molecule has 0 aliphatic heterocycles. The minimum Gasteiger partial charge on any atom is -0.370 e. The first-order valence-corrected chi connectivity index (χ1v) is 9.09. The van der Waals surface area contributed by atoms with Crippen LogP contribution in [0.5, 0.6) is 0 Å². The first kappa shape index (κ1) is 15.8. The summed E-state index contributed by atoms with van der Waals surface area (Å²) in [6.07, 6.45) is 8.59. The van der Waals surface area contributed by atoms with Gasteiger partial charge in [-0.3, -0.25) is 4.40 Å². The summed E-state index contributed by atoms with van der Waals surface area (Å²) in [6, 6.07) is 7.66. The van der Waals surface area contributed by atoms with Gasteiger partial charge in [-0.1, -0.05) is 0 Å². The number of pyridine rings is 1. The topological polar surface area (TPSA) is 108 Å². The fraction of sp³-hybridized carbons (Fsp3) is 0.316. The highest BCUT2D eigenvalue weighted by molar-refractivity contribution is 5.74. The lowest BCUT2D eigenvalue weighted by Gasteiger charge is -2.12. The molecule has 8 nitrogen and oxygen atoms in total. The highest BCUT2D eigenvalue weighted by atomic mass is 15.3. The fourth-order valence-corrected chi connectivity index (χ4v) is 4.00. The number of aromatic amines is 1. The molecule has 2 N–H and O–H groups in total. The van der Waals surface area contributed by atoms with Crippen molar-refractivity contribution in [1.29, 1.82) is 5.26 Å². The first-order valence-electron chi connectivity index (χ1n) is 9.09. The molecule has 134 valence electrons. The lowest BCUT2D eigenvalue weighted by atomic mass is 10.0. The molecule has 5 rings (SSSR count). The van der Waals surface area contributed by atoms with Gasteiger partial charge in [-0.15, -0.1) is 10.2 Å². The molecule has 0 bridgehead atoms. The summed E-state index contributed by atoms with van der Waals surface area (Å²) < 4.78 is 2.12. The van der Waals surface area contributed by atoms with Crippen molar-refractivity contribution in [2.45, 2.75) is 25.2 Å². The van der Waals surface area contributed by atoms with E-state index in [4.69, 9.17) is 5.26 Å². The van der Waals surface area contributed by atoms with Gasteiger partial charge in [0, 0.05) is 24.9 Å². The SMILES string of the molecule is N#Cc1ccnc(NC[C@H]2CC[C@@H](c3nnc4cnc5[nH]ccc5n34)C2)c1. The minimum atomic E-state index is 0.380. The van der Waals surface area contributed by atoms with E-state index in [-0.39, 0.29) is 0 Å². The zero-order valence-corrected chi connectivity index (χ0v) is 14.6. The van der Waals surface area contributed by atoms with Crippen molar-refractivity contribution in [2.24, 2.45) is 5.92 Å². The Balaban J connectivity index is 1.33. The summed E-state index contributed by atoms with van der Waals surface area (Å²) in [4.78, 5) is 11.8. The molecule has 0 aromatic carbocycles. The van der Waals surface area contributed by atoms with Crippen molar-refractivity contribution in [3.05, 3.63) is 48.2 Å². The molecule has 4 aromatic heterocycles. The maximum absolute atomic E-state index is 9.00. The molecule has 0 radical (unpaired) electrons. The molecule has 1 fully saturated rings. The summed E-state index contributed by atoms with van der Waals surface area (Å²) in [5.74, 6) is 2.69. The molecule has 1 aliphatic rings. The van der Waals surface area contributed by atoms with E-state index in [2.05, 4.69) is 40.9 Å².